The largest absolute Gasteiger partial charge is 0.472 e. The number of nitrogens with one attached hydrogen (secondary N) is 2. The molecule has 0 fully saturated rings. The summed E-state index contributed by atoms with van der Waals surface area (Å²) in [5.74, 6) is -0.0822. The Morgan fingerprint density at radius 2 is 1.25 bits per heavy atom. The Bertz CT molecular complexity index is 1450. The van der Waals surface area contributed by atoms with Crippen LogP contribution in [0.1, 0.15) is 128 Å². The van der Waals surface area contributed by atoms with Gasteiger partial charge in [-0.05, 0) is 49.4 Å². The van der Waals surface area contributed by atoms with E-state index in [0.717, 1.165) is 43.4 Å². The van der Waals surface area contributed by atoms with Crippen molar-refractivity contribution in [2.75, 3.05) is 86.2 Å². The van der Waals surface area contributed by atoms with Gasteiger partial charge in [0.1, 0.15) is 32.8 Å². The first-order valence-electron chi connectivity index (χ1n) is 22.7. The summed E-state index contributed by atoms with van der Waals surface area (Å²) < 4.78 is 46.4. The van der Waals surface area contributed by atoms with E-state index in [9.17, 15) is 14.3 Å². The van der Waals surface area contributed by atoms with Gasteiger partial charge in [0, 0.05) is 25.4 Å². The van der Waals surface area contributed by atoms with Gasteiger partial charge >= 0.3 is 7.82 Å². The van der Waals surface area contributed by atoms with Gasteiger partial charge in [0.25, 0.3) is 0 Å². The van der Waals surface area contributed by atoms with Crippen LogP contribution in [0.2, 0.25) is 10.0 Å². The van der Waals surface area contributed by atoms with E-state index in [1.807, 2.05) is 45.4 Å². The minimum Gasteiger partial charge on any atom is -0.356 e. The highest BCUT2D eigenvalue weighted by Gasteiger charge is 2.25. The number of unbranched alkanes of at least 4 members (excludes halogenated alkanes) is 16. The first-order chi connectivity index (χ1) is 29.4. The number of para-hydroxylation sites is 2. The van der Waals surface area contributed by atoms with Crippen LogP contribution in [-0.2, 0) is 43.8 Å². The number of quaternary nitrogens is 1. The number of amides is 1. The minimum atomic E-state index is -4.28. The summed E-state index contributed by atoms with van der Waals surface area (Å²) in [4.78, 5) is 23.0. The molecule has 0 aliphatic carbocycles. The monoisotopic (exact) mass is 918 g/mol. The van der Waals surface area contributed by atoms with Crippen LogP contribution in [0.4, 0.5) is 11.4 Å². The van der Waals surface area contributed by atoms with Gasteiger partial charge in [-0.25, -0.2) is 4.57 Å². The molecule has 0 heterocycles. The van der Waals surface area contributed by atoms with Crippen LogP contribution in [0.25, 0.3) is 0 Å². The summed E-state index contributed by atoms with van der Waals surface area (Å²) in [7, 11) is 1.62. The average Bonchev–Trinajstić information content (AvgIpc) is 3.21. The smallest absolute Gasteiger partial charge is 0.356 e. The maximum absolute atomic E-state index is 12.7. The minimum absolute atomic E-state index is 0.0426. The molecule has 2 atom stereocenters. The van der Waals surface area contributed by atoms with Crippen molar-refractivity contribution in [1.82, 2.24) is 5.32 Å². The zero-order valence-corrected chi connectivity index (χ0v) is 40.2. The molecule has 0 saturated heterocycles. The number of hydrogen-bond donors (Lipinski definition) is 3. The van der Waals surface area contributed by atoms with Crippen molar-refractivity contribution in [3.8, 4) is 0 Å². The predicted octanol–water partition coefficient (Wildman–Crippen LogP) is 11.6. The number of phosphoric ester groups is 1. The highest BCUT2D eigenvalue weighted by molar-refractivity contribution is 7.47. The Morgan fingerprint density at radius 3 is 1.85 bits per heavy atom. The molecule has 61 heavy (non-hydrogen) atoms. The fraction of sp³-hybridized carbons (Fsp3) is 0.717. The summed E-state index contributed by atoms with van der Waals surface area (Å²) in [5.41, 5.74) is 2.19. The molecule has 2 aromatic rings. The molecule has 12 nitrogen and oxygen atoms in total. The van der Waals surface area contributed by atoms with Crippen molar-refractivity contribution in [1.29, 1.82) is 0 Å². The first kappa shape index (κ1) is 55.3. The third-order valence-corrected chi connectivity index (χ3v) is 11.7. The molecule has 2 unspecified atom stereocenters. The fourth-order valence-corrected chi connectivity index (χ4v) is 7.62. The SMILES string of the molecule is CCCCCCCCCCCCCCCCCOCOCC(COP(=O)(O)OCC[N+](C)(C)C)OCOCCCCCNC(=O)Cc1ccccc1Nc1c(Cl)cccc1Cl. The molecule has 0 aliphatic heterocycles. The van der Waals surface area contributed by atoms with Crippen molar-refractivity contribution >= 4 is 48.3 Å². The summed E-state index contributed by atoms with van der Waals surface area (Å²) in [5, 5.41) is 7.25. The van der Waals surface area contributed by atoms with E-state index >= 15 is 0 Å². The highest BCUT2D eigenvalue weighted by atomic mass is 35.5. The van der Waals surface area contributed by atoms with Crippen molar-refractivity contribution in [2.24, 2.45) is 0 Å². The second-order valence-corrected chi connectivity index (χ2v) is 19.0. The number of hydrogen-bond acceptors (Lipinski definition) is 9. The quantitative estimate of drug-likeness (QED) is 0.0257. The van der Waals surface area contributed by atoms with Gasteiger partial charge in [-0.2, -0.15) is 0 Å². The van der Waals surface area contributed by atoms with Crippen molar-refractivity contribution in [3.05, 3.63) is 58.1 Å². The topological polar surface area (TPSA) is 134 Å². The first-order valence-corrected chi connectivity index (χ1v) is 25.0. The molecular weight excluding hydrogens is 840 g/mol. The van der Waals surface area contributed by atoms with Gasteiger partial charge in [-0.1, -0.05) is 144 Å². The van der Waals surface area contributed by atoms with Crippen LogP contribution in [0.3, 0.4) is 0 Å². The number of carbonyl (C=O) groups excluding carboxylic acids is 1. The molecule has 0 spiro atoms. The lowest BCUT2D eigenvalue weighted by Gasteiger charge is -2.24. The summed E-state index contributed by atoms with van der Waals surface area (Å²) in [6.07, 6.45) is 21.6. The van der Waals surface area contributed by atoms with E-state index in [4.69, 9.17) is 51.2 Å². The number of benzene rings is 2. The van der Waals surface area contributed by atoms with E-state index in [-0.39, 0.29) is 45.7 Å². The Kier molecular flexibility index (Phi) is 31.4. The van der Waals surface area contributed by atoms with Gasteiger partial charge in [0.2, 0.25) is 5.91 Å². The summed E-state index contributed by atoms with van der Waals surface area (Å²) >= 11 is 12.7. The van der Waals surface area contributed by atoms with Gasteiger partial charge in [-0.3, -0.25) is 13.8 Å². The molecule has 2 aromatic carbocycles. The Balaban J connectivity index is 1.59. The molecule has 0 radical (unpaired) electrons. The van der Waals surface area contributed by atoms with Gasteiger partial charge in [0.05, 0.1) is 56.5 Å². The van der Waals surface area contributed by atoms with Crippen LogP contribution >= 0.6 is 31.0 Å². The van der Waals surface area contributed by atoms with E-state index in [1.54, 1.807) is 18.2 Å². The summed E-state index contributed by atoms with van der Waals surface area (Å²) in [6, 6.07) is 12.9. The van der Waals surface area contributed by atoms with Crippen LogP contribution in [0.15, 0.2) is 42.5 Å². The van der Waals surface area contributed by atoms with Crippen molar-refractivity contribution in [3.63, 3.8) is 0 Å². The number of nitrogens with zero attached hydrogens (tertiary/aromatic N) is 1. The maximum Gasteiger partial charge on any atom is 0.472 e. The molecule has 0 aliphatic rings. The lowest BCUT2D eigenvalue weighted by atomic mass is 10.0. The molecule has 15 heteroatoms. The molecule has 0 aromatic heterocycles. The van der Waals surface area contributed by atoms with Gasteiger partial charge < -0.3 is 39.0 Å². The number of halogens is 2. The standard InChI is InChI=1S/C46H78Cl2N3O9P/c1-5-6-7-8-9-10-11-12-13-14-15-16-17-18-23-32-55-38-57-36-41(37-60-61(53,54)59-34-31-51(2,3)4)58-39-56-33-24-19-22-30-49-45(52)35-40-26-20-21-29-44(40)50-46-42(47)27-25-28-43(46)48/h20-21,25-29,41,50H,5-19,22-24,30-39H2,1-4H3,(H-,49,52,53,54)/p+1. The molecule has 0 saturated carbocycles. The molecule has 3 N–H and O–H groups in total. The van der Waals surface area contributed by atoms with Gasteiger partial charge in [-0.15, -0.1) is 0 Å². The number of ether oxygens (including phenoxy) is 4. The normalized spacial score (nSPS) is 13.3. The number of anilines is 2. The van der Waals surface area contributed by atoms with Crippen LogP contribution in [0, 0.1) is 0 Å². The predicted molar refractivity (Wildman–Crippen MR) is 249 cm³/mol. The molecule has 350 valence electrons. The summed E-state index contributed by atoms with van der Waals surface area (Å²) in [6.45, 7) is 4.41. The fourth-order valence-electron chi connectivity index (χ4n) is 6.38. The molecule has 2 rings (SSSR count). The van der Waals surface area contributed by atoms with E-state index in [2.05, 4.69) is 17.6 Å². The van der Waals surface area contributed by atoms with Crippen LogP contribution in [0.5, 0.6) is 0 Å². The zero-order chi connectivity index (χ0) is 44.4. The van der Waals surface area contributed by atoms with Crippen LogP contribution in [-0.4, -0.2) is 102 Å². The average molecular weight is 920 g/mol. The lowest BCUT2D eigenvalue weighted by molar-refractivity contribution is -0.870. The van der Waals surface area contributed by atoms with E-state index in [0.29, 0.717) is 46.5 Å². The molecular formula is C46H79Cl2N3O9P+. The number of phosphoric acid groups is 1. The number of carbonyl (C=O) groups is 1. The zero-order valence-electron chi connectivity index (χ0n) is 37.8. The molecule has 1 amide bonds. The maximum atomic E-state index is 12.7. The lowest BCUT2D eigenvalue weighted by Crippen LogP contribution is -2.37. The number of rotatable bonds is 40. The third kappa shape index (κ3) is 30.1. The number of likely N-dealkylation sites (N-methyl/N-ethyl adjacent to an activating group) is 1. The third-order valence-electron chi connectivity index (χ3n) is 10.1. The van der Waals surface area contributed by atoms with Gasteiger partial charge in [0.15, 0.2) is 0 Å². The molecule has 0 bridgehead atoms. The van der Waals surface area contributed by atoms with E-state index < -0.39 is 13.9 Å². The Morgan fingerprint density at radius 1 is 0.689 bits per heavy atom. The Labute approximate surface area is 378 Å². The highest BCUT2D eigenvalue weighted by Crippen LogP contribution is 2.43. The van der Waals surface area contributed by atoms with Crippen molar-refractivity contribution < 1.29 is 46.7 Å². The van der Waals surface area contributed by atoms with Crippen molar-refractivity contribution in [2.45, 2.75) is 135 Å². The second kappa shape index (κ2) is 34.6. The van der Waals surface area contributed by atoms with E-state index in [1.165, 1.54) is 83.5 Å². The Hall–Kier alpha value is -1.80. The van der Waals surface area contributed by atoms with Crippen LogP contribution < -0.4 is 10.6 Å². The second-order valence-electron chi connectivity index (χ2n) is 16.7.